The van der Waals surface area contributed by atoms with Gasteiger partial charge in [-0.3, -0.25) is 14.5 Å². The summed E-state index contributed by atoms with van der Waals surface area (Å²) in [5.74, 6) is -1.50. The molecular formula is C32H27N3O3S. The number of nitrogens with zero attached hydrogens (tertiary/aromatic N) is 3. The van der Waals surface area contributed by atoms with Crippen LogP contribution >= 0.6 is 11.3 Å². The van der Waals surface area contributed by atoms with E-state index in [-0.39, 0.29) is 11.4 Å². The molecule has 3 heterocycles. The normalized spacial score (nSPS) is 15.5. The van der Waals surface area contributed by atoms with Crippen LogP contribution in [0.15, 0.2) is 90.3 Å². The van der Waals surface area contributed by atoms with Gasteiger partial charge < -0.3 is 9.67 Å². The summed E-state index contributed by atoms with van der Waals surface area (Å²) in [7, 11) is 1.94. The fraction of sp³-hybridized carbons (Fsp3) is 0.156. The second-order valence-corrected chi connectivity index (χ2v) is 10.9. The number of hydrogen-bond acceptors (Lipinski definition) is 5. The number of rotatable bonds is 5. The van der Waals surface area contributed by atoms with Gasteiger partial charge >= 0.3 is 0 Å². The molecule has 2 aromatic heterocycles. The highest BCUT2D eigenvalue weighted by Crippen LogP contribution is 2.45. The van der Waals surface area contributed by atoms with Gasteiger partial charge in [0.05, 0.1) is 22.2 Å². The number of hydrogen-bond donors (Lipinski definition) is 1. The number of amides is 1. The first-order valence-corrected chi connectivity index (χ1v) is 13.5. The molecule has 0 fully saturated rings. The Labute approximate surface area is 230 Å². The average Bonchev–Trinajstić information content (AvgIpc) is 3.57. The Hall–Kier alpha value is -4.49. The number of aliphatic hydroxyl groups excluding tert-OH is 1. The Morgan fingerprint density at radius 3 is 2.41 bits per heavy atom. The van der Waals surface area contributed by atoms with E-state index in [1.54, 1.807) is 11.8 Å². The van der Waals surface area contributed by atoms with E-state index < -0.39 is 17.7 Å². The van der Waals surface area contributed by atoms with Crippen molar-refractivity contribution >= 4 is 39.6 Å². The van der Waals surface area contributed by atoms with E-state index in [1.165, 1.54) is 11.3 Å². The van der Waals surface area contributed by atoms with Gasteiger partial charge in [0.1, 0.15) is 5.01 Å². The van der Waals surface area contributed by atoms with Gasteiger partial charge in [-0.1, -0.05) is 54.6 Å². The van der Waals surface area contributed by atoms with Gasteiger partial charge in [-0.15, -0.1) is 11.3 Å². The zero-order chi connectivity index (χ0) is 27.4. The summed E-state index contributed by atoms with van der Waals surface area (Å²) < 4.78 is 1.98. The number of thiazole rings is 1. The minimum absolute atomic E-state index is 0.0703. The molecule has 1 atom stereocenters. The molecule has 194 valence electrons. The maximum absolute atomic E-state index is 14.3. The number of aryl methyl sites for hydroxylation is 4. The quantitative estimate of drug-likeness (QED) is 0.247. The molecule has 1 N–H and O–H groups in total. The average molecular weight is 534 g/mol. The van der Waals surface area contributed by atoms with Gasteiger partial charge in [-0.2, -0.15) is 0 Å². The van der Waals surface area contributed by atoms with Crippen molar-refractivity contribution in [3.8, 4) is 10.6 Å². The van der Waals surface area contributed by atoms with Crippen molar-refractivity contribution in [1.29, 1.82) is 0 Å². The van der Waals surface area contributed by atoms with Crippen LogP contribution in [-0.2, 0) is 11.8 Å². The third-order valence-corrected chi connectivity index (χ3v) is 8.67. The van der Waals surface area contributed by atoms with Crippen molar-refractivity contribution in [3.05, 3.63) is 118 Å². The van der Waals surface area contributed by atoms with Crippen LogP contribution in [0.3, 0.4) is 0 Å². The third kappa shape index (κ3) is 3.97. The van der Waals surface area contributed by atoms with E-state index in [0.29, 0.717) is 21.3 Å². The Morgan fingerprint density at radius 2 is 1.67 bits per heavy atom. The molecule has 0 aliphatic carbocycles. The number of aromatic nitrogens is 2. The zero-order valence-corrected chi connectivity index (χ0v) is 22.9. The molecule has 6 rings (SSSR count). The molecule has 1 unspecified atom stereocenters. The summed E-state index contributed by atoms with van der Waals surface area (Å²) in [4.78, 5) is 34.6. The van der Waals surface area contributed by atoms with Crippen LogP contribution in [0.4, 0.5) is 5.69 Å². The largest absolute Gasteiger partial charge is 0.503 e. The molecule has 0 bridgehead atoms. The lowest BCUT2D eigenvalue weighted by molar-refractivity contribution is -0.117. The second-order valence-electron chi connectivity index (χ2n) is 9.95. The molecule has 6 nitrogen and oxygen atoms in total. The van der Waals surface area contributed by atoms with E-state index in [9.17, 15) is 14.7 Å². The summed E-state index contributed by atoms with van der Waals surface area (Å²) in [6.07, 6.45) is 1.94. The van der Waals surface area contributed by atoms with E-state index in [4.69, 9.17) is 0 Å². The molecule has 0 radical (unpaired) electrons. The molecule has 7 heteroatoms. The lowest BCUT2D eigenvalue weighted by Crippen LogP contribution is -2.31. The van der Waals surface area contributed by atoms with Crippen LogP contribution < -0.4 is 4.90 Å². The number of anilines is 1. The number of carbonyl (C=O) groups is 2. The first kappa shape index (κ1) is 24.8. The number of aliphatic hydroxyl groups is 1. The number of carbonyl (C=O) groups excluding carboxylic acids is 2. The van der Waals surface area contributed by atoms with Crippen molar-refractivity contribution in [2.24, 2.45) is 7.05 Å². The minimum Gasteiger partial charge on any atom is -0.503 e. The molecular weight excluding hydrogens is 506 g/mol. The maximum Gasteiger partial charge on any atom is 0.294 e. The van der Waals surface area contributed by atoms with E-state index >= 15 is 0 Å². The van der Waals surface area contributed by atoms with Crippen LogP contribution in [0.5, 0.6) is 0 Å². The number of Topliss-reactive ketones (excluding diaryl/α,β-unsaturated/α-hetero) is 1. The van der Waals surface area contributed by atoms with Gasteiger partial charge in [0.15, 0.2) is 5.76 Å². The van der Waals surface area contributed by atoms with Crippen LogP contribution in [0.25, 0.3) is 21.5 Å². The third-order valence-electron chi connectivity index (χ3n) is 7.47. The smallest absolute Gasteiger partial charge is 0.294 e. The fourth-order valence-electron chi connectivity index (χ4n) is 5.30. The van der Waals surface area contributed by atoms with Crippen LogP contribution in [0, 0.1) is 20.8 Å². The molecule has 0 spiro atoms. The monoisotopic (exact) mass is 533 g/mol. The molecule has 1 aliphatic heterocycles. The first-order valence-electron chi connectivity index (χ1n) is 12.7. The number of benzene rings is 3. The summed E-state index contributed by atoms with van der Waals surface area (Å²) >= 11 is 1.28. The van der Waals surface area contributed by atoms with Gasteiger partial charge in [0.25, 0.3) is 5.91 Å². The summed E-state index contributed by atoms with van der Waals surface area (Å²) in [6, 6.07) is 22.5. The number of para-hydroxylation sites is 1. The molecule has 3 aromatic carbocycles. The van der Waals surface area contributed by atoms with Crippen molar-refractivity contribution in [2.75, 3.05) is 4.90 Å². The SMILES string of the molecule is Cc1ccc(N2C(=O)C(O)=C(C(=O)c3sc(-c4ccccc4)nc3C)C2c2cn(C)c3ccccc23)cc1C. The Kier molecular flexibility index (Phi) is 5.96. The molecule has 1 amide bonds. The number of ketones is 1. The number of fused-ring (bicyclic) bond motifs is 1. The van der Waals surface area contributed by atoms with E-state index in [1.807, 2.05) is 104 Å². The molecule has 39 heavy (non-hydrogen) atoms. The molecule has 1 aliphatic rings. The summed E-state index contributed by atoms with van der Waals surface area (Å²) in [5, 5.41) is 12.9. The second kappa shape index (κ2) is 9.36. The standard InChI is InChI=1S/C32H27N3O3S/c1-18-14-15-22(16-19(18)2)35-27(24-17-34(4)25-13-9-8-12-23(24)25)26(29(37)32(35)38)28(36)30-20(3)33-31(39-30)21-10-6-5-7-11-21/h5-17,27,37H,1-4H3. The summed E-state index contributed by atoms with van der Waals surface area (Å²) in [6.45, 7) is 5.78. The first-order chi connectivity index (χ1) is 18.8. The maximum atomic E-state index is 14.3. The van der Waals surface area contributed by atoms with E-state index in [2.05, 4.69) is 4.98 Å². The van der Waals surface area contributed by atoms with Crippen molar-refractivity contribution in [1.82, 2.24) is 9.55 Å². The Bertz CT molecular complexity index is 1810. The van der Waals surface area contributed by atoms with Gasteiger partial charge in [0.2, 0.25) is 5.78 Å². The minimum atomic E-state index is -0.806. The predicted molar refractivity (Wildman–Crippen MR) is 155 cm³/mol. The highest BCUT2D eigenvalue weighted by atomic mass is 32.1. The van der Waals surface area contributed by atoms with Gasteiger partial charge in [-0.25, -0.2) is 4.98 Å². The zero-order valence-electron chi connectivity index (χ0n) is 22.1. The van der Waals surface area contributed by atoms with Crippen LogP contribution in [0.2, 0.25) is 0 Å². The summed E-state index contributed by atoms with van der Waals surface area (Å²) in [5.41, 5.74) is 6.03. The molecule has 0 saturated heterocycles. The molecule has 0 saturated carbocycles. The van der Waals surface area contributed by atoms with Crippen molar-refractivity contribution in [2.45, 2.75) is 26.8 Å². The lowest BCUT2D eigenvalue weighted by atomic mass is 9.94. The van der Waals surface area contributed by atoms with Crippen LogP contribution in [0.1, 0.15) is 38.1 Å². The Balaban J connectivity index is 1.54. The highest BCUT2D eigenvalue weighted by Gasteiger charge is 2.46. The van der Waals surface area contributed by atoms with Crippen molar-refractivity contribution < 1.29 is 14.7 Å². The van der Waals surface area contributed by atoms with E-state index in [0.717, 1.165) is 33.2 Å². The highest BCUT2D eigenvalue weighted by molar-refractivity contribution is 7.17. The topological polar surface area (TPSA) is 75.4 Å². The molecule has 5 aromatic rings. The van der Waals surface area contributed by atoms with Crippen molar-refractivity contribution in [3.63, 3.8) is 0 Å². The van der Waals surface area contributed by atoms with Gasteiger partial charge in [0, 0.05) is 41.0 Å². The van der Waals surface area contributed by atoms with Gasteiger partial charge in [-0.05, 0) is 50.1 Å². The predicted octanol–water partition coefficient (Wildman–Crippen LogP) is 7.01. The fourth-order valence-corrected chi connectivity index (χ4v) is 6.32. The lowest BCUT2D eigenvalue weighted by Gasteiger charge is -2.27. The Morgan fingerprint density at radius 1 is 0.949 bits per heavy atom. The van der Waals surface area contributed by atoms with Crippen LogP contribution in [-0.4, -0.2) is 26.3 Å².